The van der Waals surface area contributed by atoms with Gasteiger partial charge in [0.2, 0.25) is 0 Å². The third-order valence-electron chi connectivity index (χ3n) is 3.04. The molecular formula is C13H16N4O. The molecule has 3 rings (SSSR count). The number of ether oxygens (including phenoxy) is 1. The molecule has 0 aromatic carbocycles. The fourth-order valence-corrected chi connectivity index (χ4v) is 2.09. The summed E-state index contributed by atoms with van der Waals surface area (Å²) < 4.78 is 7.24. The van der Waals surface area contributed by atoms with Crippen molar-refractivity contribution in [1.82, 2.24) is 14.8 Å². The minimum atomic E-state index is 0.668. The lowest BCUT2D eigenvalue weighted by atomic mass is 10.1. The zero-order valence-corrected chi connectivity index (χ0v) is 10.4. The highest BCUT2D eigenvalue weighted by Crippen LogP contribution is 2.18. The zero-order chi connectivity index (χ0) is 12.4. The maximum Gasteiger partial charge on any atom is 0.0815 e. The molecule has 3 heterocycles. The van der Waals surface area contributed by atoms with E-state index in [4.69, 9.17) is 4.74 Å². The fraction of sp³-hybridized carbons (Fsp3) is 0.385. The first-order valence-electron chi connectivity index (χ1n) is 6.09. The molecule has 0 saturated heterocycles. The standard InChI is InChI=1S/C13H16N4O/c1-17-4-2-11(16-17)7-14-12-6-10-9-18-5-3-13(10)15-8-12/h2,4,6,8,14H,3,5,7,9H2,1H3. The molecule has 2 aromatic heterocycles. The summed E-state index contributed by atoms with van der Waals surface area (Å²) in [7, 11) is 1.92. The summed E-state index contributed by atoms with van der Waals surface area (Å²) in [6, 6.07) is 4.12. The Morgan fingerprint density at radius 2 is 2.44 bits per heavy atom. The molecule has 0 unspecified atom stereocenters. The van der Waals surface area contributed by atoms with Gasteiger partial charge in [0.25, 0.3) is 0 Å². The lowest BCUT2D eigenvalue weighted by Crippen LogP contribution is -2.12. The number of rotatable bonds is 3. The average Bonchev–Trinajstić information content (AvgIpc) is 2.82. The van der Waals surface area contributed by atoms with Crippen molar-refractivity contribution in [3.8, 4) is 0 Å². The monoisotopic (exact) mass is 244 g/mol. The van der Waals surface area contributed by atoms with Gasteiger partial charge in [-0.3, -0.25) is 9.67 Å². The van der Waals surface area contributed by atoms with Crippen molar-refractivity contribution in [1.29, 1.82) is 0 Å². The van der Waals surface area contributed by atoms with Crippen molar-refractivity contribution in [2.75, 3.05) is 11.9 Å². The molecule has 0 atom stereocenters. The van der Waals surface area contributed by atoms with Crippen molar-refractivity contribution in [3.05, 3.63) is 41.5 Å². The maximum atomic E-state index is 5.43. The van der Waals surface area contributed by atoms with Crippen LogP contribution in [-0.4, -0.2) is 21.4 Å². The van der Waals surface area contributed by atoms with Crippen molar-refractivity contribution in [3.63, 3.8) is 0 Å². The normalized spacial score (nSPS) is 14.3. The number of fused-ring (bicyclic) bond motifs is 1. The predicted molar refractivity (Wildman–Crippen MR) is 68.1 cm³/mol. The number of pyridine rings is 1. The summed E-state index contributed by atoms with van der Waals surface area (Å²) in [4.78, 5) is 4.47. The van der Waals surface area contributed by atoms with Gasteiger partial charge in [-0.15, -0.1) is 0 Å². The lowest BCUT2D eigenvalue weighted by Gasteiger charge is -2.16. The number of anilines is 1. The lowest BCUT2D eigenvalue weighted by molar-refractivity contribution is 0.109. The van der Waals surface area contributed by atoms with E-state index in [1.54, 1.807) is 4.68 Å². The molecule has 1 aliphatic heterocycles. The molecule has 2 aromatic rings. The van der Waals surface area contributed by atoms with Crippen LogP contribution >= 0.6 is 0 Å². The summed E-state index contributed by atoms with van der Waals surface area (Å²) in [5, 5.41) is 7.65. The van der Waals surface area contributed by atoms with Gasteiger partial charge in [0, 0.05) is 30.9 Å². The van der Waals surface area contributed by atoms with Crippen LogP contribution in [0.2, 0.25) is 0 Å². The van der Waals surface area contributed by atoms with E-state index in [1.165, 1.54) is 5.56 Å². The van der Waals surface area contributed by atoms with Gasteiger partial charge in [0.05, 0.1) is 37.3 Å². The number of hydrogen-bond donors (Lipinski definition) is 1. The molecule has 18 heavy (non-hydrogen) atoms. The SMILES string of the molecule is Cn1ccc(CNc2cnc3c(c2)COCC3)n1. The van der Waals surface area contributed by atoms with Gasteiger partial charge in [-0.1, -0.05) is 0 Å². The van der Waals surface area contributed by atoms with Crippen molar-refractivity contribution in [2.45, 2.75) is 19.6 Å². The third-order valence-corrected chi connectivity index (χ3v) is 3.04. The minimum absolute atomic E-state index is 0.668. The van der Waals surface area contributed by atoms with Crippen LogP contribution in [0.15, 0.2) is 24.5 Å². The minimum Gasteiger partial charge on any atom is -0.378 e. The highest BCUT2D eigenvalue weighted by Gasteiger charge is 2.11. The van der Waals surface area contributed by atoms with Gasteiger partial charge in [0.15, 0.2) is 0 Å². The van der Waals surface area contributed by atoms with Crippen LogP contribution in [-0.2, 0) is 31.4 Å². The van der Waals surface area contributed by atoms with E-state index in [1.807, 2.05) is 25.5 Å². The second kappa shape index (κ2) is 4.78. The number of hydrogen-bond acceptors (Lipinski definition) is 4. The van der Waals surface area contributed by atoms with E-state index in [0.717, 1.165) is 30.1 Å². The number of aryl methyl sites for hydroxylation is 1. The Hall–Kier alpha value is -1.88. The van der Waals surface area contributed by atoms with Crippen LogP contribution < -0.4 is 5.32 Å². The van der Waals surface area contributed by atoms with Crippen molar-refractivity contribution < 1.29 is 4.74 Å². The van der Waals surface area contributed by atoms with Gasteiger partial charge in [-0.05, 0) is 12.1 Å². The molecule has 0 bridgehead atoms. The Balaban J connectivity index is 1.69. The summed E-state index contributed by atoms with van der Waals surface area (Å²) in [6.45, 7) is 2.16. The predicted octanol–water partition coefficient (Wildman–Crippen LogP) is 1.50. The summed E-state index contributed by atoms with van der Waals surface area (Å²) in [6.07, 6.45) is 4.74. The average molecular weight is 244 g/mol. The van der Waals surface area contributed by atoms with E-state index >= 15 is 0 Å². The van der Waals surface area contributed by atoms with Crippen LogP contribution in [0, 0.1) is 0 Å². The Bertz CT molecular complexity index is 550. The highest BCUT2D eigenvalue weighted by molar-refractivity contribution is 5.45. The molecule has 0 radical (unpaired) electrons. The summed E-state index contributed by atoms with van der Waals surface area (Å²) >= 11 is 0. The van der Waals surface area contributed by atoms with Crippen LogP contribution in [0.25, 0.3) is 0 Å². The van der Waals surface area contributed by atoms with E-state index in [9.17, 15) is 0 Å². The largest absolute Gasteiger partial charge is 0.378 e. The smallest absolute Gasteiger partial charge is 0.0815 e. The van der Waals surface area contributed by atoms with Gasteiger partial charge in [-0.25, -0.2) is 0 Å². The van der Waals surface area contributed by atoms with E-state index in [-0.39, 0.29) is 0 Å². The molecule has 5 nitrogen and oxygen atoms in total. The third kappa shape index (κ3) is 2.36. The topological polar surface area (TPSA) is 52.0 Å². The molecule has 0 amide bonds. The Labute approximate surface area is 106 Å². The van der Waals surface area contributed by atoms with Gasteiger partial charge in [0.1, 0.15) is 0 Å². The van der Waals surface area contributed by atoms with Gasteiger partial charge < -0.3 is 10.1 Å². The molecule has 94 valence electrons. The van der Waals surface area contributed by atoms with Crippen LogP contribution in [0.1, 0.15) is 17.0 Å². The molecule has 0 spiro atoms. The van der Waals surface area contributed by atoms with Crippen molar-refractivity contribution >= 4 is 5.69 Å². The fourth-order valence-electron chi connectivity index (χ4n) is 2.09. The number of nitrogens with zero attached hydrogens (tertiary/aromatic N) is 3. The van der Waals surface area contributed by atoms with Crippen molar-refractivity contribution in [2.24, 2.45) is 7.05 Å². The first-order valence-corrected chi connectivity index (χ1v) is 6.09. The zero-order valence-electron chi connectivity index (χ0n) is 10.4. The number of aromatic nitrogens is 3. The Kier molecular flexibility index (Phi) is 2.98. The second-order valence-electron chi connectivity index (χ2n) is 4.47. The highest BCUT2D eigenvalue weighted by atomic mass is 16.5. The summed E-state index contributed by atoms with van der Waals surface area (Å²) in [5.41, 5.74) is 4.38. The molecule has 1 N–H and O–H groups in total. The molecule has 0 saturated carbocycles. The molecule has 0 aliphatic carbocycles. The Morgan fingerprint density at radius 3 is 3.28 bits per heavy atom. The molecule has 1 aliphatic rings. The van der Waals surface area contributed by atoms with E-state index in [2.05, 4.69) is 21.5 Å². The number of nitrogens with one attached hydrogen (secondary N) is 1. The van der Waals surface area contributed by atoms with Crippen LogP contribution in [0.4, 0.5) is 5.69 Å². The van der Waals surface area contributed by atoms with Gasteiger partial charge in [-0.2, -0.15) is 5.10 Å². The second-order valence-corrected chi connectivity index (χ2v) is 4.47. The first-order chi connectivity index (χ1) is 8.81. The Morgan fingerprint density at radius 1 is 1.50 bits per heavy atom. The summed E-state index contributed by atoms with van der Waals surface area (Å²) in [5.74, 6) is 0. The first kappa shape index (κ1) is 11.2. The van der Waals surface area contributed by atoms with Crippen LogP contribution in [0.5, 0.6) is 0 Å². The molecular weight excluding hydrogens is 228 g/mol. The maximum absolute atomic E-state index is 5.43. The quantitative estimate of drug-likeness (QED) is 0.889. The molecule has 0 fully saturated rings. The van der Waals surface area contributed by atoms with Crippen LogP contribution in [0.3, 0.4) is 0 Å². The van der Waals surface area contributed by atoms with E-state index in [0.29, 0.717) is 13.2 Å². The molecule has 5 heteroatoms. The van der Waals surface area contributed by atoms with E-state index < -0.39 is 0 Å². The van der Waals surface area contributed by atoms with Gasteiger partial charge >= 0.3 is 0 Å².